The van der Waals surface area contributed by atoms with Crippen LogP contribution >= 0.6 is 11.3 Å². The predicted octanol–water partition coefficient (Wildman–Crippen LogP) is 33.1. The Kier molecular flexibility index (Phi) is 27.8. The zero-order chi connectivity index (χ0) is 80.4. The Morgan fingerprint density at radius 1 is 0.181 bits per heavy atom. The molecule has 3 aromatic heterocycles. The Balaban J connectivity index is 0.000000114. The predicted molar refractivity (Wildman–Crippen MR) is 505 cm³/mol. The molecule has 0 fully saturated rings. The number of hydrogen-bond donors (Lipinski definition) is 0. The van der Waals surface area contributed by atoms with Crippen molar-refractivity contribution in [3.05, 3.63) is 481 Å². The molecule has 0 saturated heterocycles. The number of rotatable bonds is 4. The van der Waals surface area contributed by atoms with Gasteiger partial charge in [0, 0.05) is 41.7 Å². The van der Waals surface area contributed by atoms with Gasteiger partial charge < -0.3 is 8.83 Å². The highest BCUT2D eigenvalue weighted by molar-refractivity contribution is 7.26. The molecule has 0 aliphatic carbocycles. The first kappa shape index (κ1) is 80.4. The van der Waals surface area contributed by atoms with Crippen molar-refractivity contribution >= 4 is 96.9 Å². The molecule has 116 heavy (non-hydrogen) atoms. The summed E-state index contributed by atoms with van der Waals surface area (Å²) in [6.45, 7) is 19.1. The van der Waals surface area contributed by atoms with Crippen molar-refractivity contribution in [2.75, 3.05) is 0 Å². The summed E-state index contributed by atoms with van der Waals surface area (Å²) in [6.07, 6.45) is 0. The van der Waals surface area contributed by atoms with Gasteiger partial charge in [-0.3, -0.25) is 0 Å². The minimum absolute atomic E-state index is 0.966. The van der Waals surface area contributed by atoms with Crippen LogP contribution in [0, 0.1) is 62.3 Å². The summed E-state index contributed by atoms with van der Waals surface area (Å²) in [5.74, 6) is 0. The molecular weight excluding hydrogens is 1420 g/mol. The van der Waals surface area contributed by atoms with Crippen molar-refractivity contribution < 1.29 is 8.83 Å². The number of fused-ring (bicyclic) bond motifs is 11. The fourth-order valence-electron chi connectivity index (χ4n) is 14.2. The van der Waals surface area contributed by atoms with E-state index >= 15 is 0 Å². The average Bonchev–Trinajstić information content (AvgIpc) is 1.64. The van der Waals surface area contributed by atoms with E-state index in [2.05, 4.69) is 426 Å². The van der Waals surface area contributed by atoms with Crippen molar-refractivity contribution in [2.24, 2.45) is 0 Å². The largest absolute Gasteiger partial charge is 0.456 e. The van der Waals surface area contributed by atoms with Gasteiger partial charge in [-0.05, 0) is 192 Å². The topological polar surface area (TPSA) is 26.3 Å². The van der Waals surface area contributed by atoms with Crippen molar-refractivity contribution in [1.29, 1.82) is 0 Å². The van der Waals surface area contributed by atoms with Crippen LogP contribution in [0.25, 0.3) is 130 Å². The van der Waals surface area contributed by atoms with E-state index in [1.54, 1.807) is 0 Å². The lowest BCUT2D eigenvalue weighted by Gasteiger charge is -2.08. The minimum Gasteiger partial charge on any atom is -0.456 e. The van der Waals surface area contributed by atoms with Crippen LogP contribution < -0.4 is 0 Å². The van der Waals surface area contributed by atoms with Gasteiger partial charge in [0.15, 0.2) is 0 Å². The molecule has 568 valence electrons. The normalized spacial score (nSPS) is 10.5. The number of benzene rings is 18. The van der Waals surface area contributed by atoms with Crippen molar-refractivity contribution in [3.63, 3.8) is 0 Å². The smallest absolute Gasteiger partial charge is 0.138 e. The highest BCUT2D eigenvalue weighted by Crippen LogP contribution is 2.37. The van der Waals surface area contributed by atoms with Crippen LogP contribution in [0.3, 0.4) is 0 Å². The number of aryl methyl sites for hydroxylation is 9. The first-order valence-electron chi connectivity index (χ1n) is 39.8. The van der Waals surface area contributed by atoms with E-state index in [0.717, 1.165) is 22.3 Å². The molecule has 3 heterocycles. The maximum absolute atomic E-state index is 5.78. The van der Waals surface area contributed by atoms with E-state index in [4.69, 9.17) is 8.83 Å². The number of para-hydroxylation sites is 3. The number of hydrogen-bond acceptors (Lipinski definition) is 3. The van der Waals surface area contributed by atoms with E-state index in [0.29, 0.717) is 0 Å². The molecule has 0 saturated carbocycles. The fraction of sp³-hybridized carbons (Fsp3) is 0.0796. The molecule has 3 heteroatoms. The van der Waals surface area contributed by atoms with Crippen LogP contribution in [-0.4, -0.2) is 0 Å². The van der Waals surface area contributed by atoms with E-state index in [1.165, 1.54) is 158 Å². The molecule has 18 aromatic carbocycles. The summed E-state index contributed by atoms with van der Waals surface area (Å²) < 4.78 is 14.3. The molecule has 21 rings (SSSR count). The van der Waals surface area contributed by atoms with Gasteiger partial charge in [0.2, 0.25) is 0 Å². The fourth-order valence-corrected chi connectivity index (χ4v) is 15.4. The van der Waals surface area contributed by atoms with E-state index < -0.39 is 0 Å². The third-order valence-corrected chi connectivity index (χ3v) is 21.6. The molecule has 0 unspecified atom stereocenters. The second-order valence-corrected chi connectivity index (χ2v) is 30.3. The Morgan fingerprint density at radius 3 is 1.19 bits per heavy atom. The van der Waals surface area contributed by atoms with E-state index in [1.807, 2.05) is 78.1 Å². The monoisotopic (exact) mass is 1520 g/mol. The van der Waals surface area contributed by atoms with Gasteiger partial charge in [0.25, 0.3) is 0 Å². The Morgan fingerprint density at radius 2 is 0.578 bits per heavy atom. The van der Waals surface area contributed by atoms with E-state index in [-0.39, 0.29) is 0 Å². The molecule has 0 aliphatic heterocycles. The zero-order valence-corrected chi connectivity index (χ0v) is 68.5. The molecular formula is C113H98O2S. The van der Waals surface area contributed by atoms with Gasteiger partial charge in [0.05, 0.1) is 0 Å². The first-order chi connectivity index (χ1) is 56.8. The summed E-state index contributed by atoms with van der Waals surface area (Å²) in [7, 11) is 0. The Hall–Kier alpha value is -13.7. The van der Waals surface area contributed by atoms with Crippen molar-refractivity contribution in [3.8, 4) is 44.5 Å². The minimum atomic E-state index is 0.966. The summed E-state index contributed by atoms with van der Waals surface area (Å²) in [6, 6.07) is 150. The molecule has 0 radical (unpaired) electrons. The summed E-state index contributed by atoms with van der Waals surface area (Å²) in [4.78, 5) is 0. The second kappa shape index (κ2) is 40.2. The SMILES string of the molecule is Cc1cc(-c2ccccc2)cc(-c2ccccc2)c1.Cc1ccc2c(c1)oc1ccccc12.Cc1ccc2ccccc2c1.Cc1cccc(-c2ccccc2)c1.Cc1cccc2c1oc1ccccc12.Cc1cccc2c1sc1ccccc12.Cc1cccc2ccccc12.Cc1ccccc1.Cc1ccccc1-c1ccccc1. The van der Waals surface area contributed by atoms with Crippen LogP contribution in [0.5, 0.6) is 0 Å². The van der Waals surface area contributed by atoms with Crippen LogP contribution in [0.4, 0.5) is 0 Å². The van der Waals surface area contributed by atoms with Gasteiger partial charge in [-0.15, -0.1) is 11.3 Å². The molecule has 0 aliphatic rings. The van der Waals surface area contributed by atoms with Gasteiger partial charge in [-0.1, -0.05) is 417 Å². The molecule has 0 atom stereocenters. The second-order valence-electron chi connectivity index (χ2n) is 29.2. The first-order valence-corrected chi connectivity index (χ1v) is 40.6. The average molecular weight is 1520 g/mol. The molecule has 0 spiro atoms. The molecule has 2 nitrogen and oxygen atoms in total. The van der Waals surface area contributed by atoms with Gasteiger partial charge in [-0.2, -0.15) is 0 Å². The highest BCUT2D eigenvalue weighted by atomic mass is 32.1. The van der Waals surface area contributed by atoms with Crippen LogP contribution in [0.15, 0.2) is 440 Å². The highest BCUT2D eigenvalue weighted by Gasteiger charge is 2.10. The zero-order valence-electron chi connectivity index (χ0n) is 67.7. The third-order valence-electron chi connectivity index (χ3n) is 20.2. The Labute approximate surface area is 688 Å². The maximum atomic E-state index is 5.78. The van der Waals surface area contributed by atoms with Gasteiger partial charge in [0.1, 0.15) is 22.3 Å². The van der Waals surface area contributed by atoms with Crippen LogP contribution in [0.2, 0.25) is 0 Å². The van der Waals surface area contributed by atoms with Crippen LogP contribution in [0.1, 0.15) is 50.1 Å². The summed E-state index contributed by atoms with van der Waals surface area (Å²) >= 11 is 1.89. The molecule has 0 bridgehead atoms. The standard InChI is InChI=1S/C19H16.2C13H10O.C13H10S.2C13H12.2C11H10.C7H8/c1-15-12-18(16-8-4-2-5-9-16)14-19(13-15)17-10-6-3-7-11-17;1-9-5-4-7-11-10-6-2-3-8-12(10)14-13(9)11;1-9-6-7-11-10-4-2-3-5-12(10)14-13(11)8-9;1-9-5-4-7-11-10-6-2-3-8-12(10)14-13(9)11;1-11-7-5-6-10-13(11)12-8-3-2-4-9-12;1-11-6-5-9-13(10-11)12-7-3-2-4-8-12;1-9-5-4-7-10-6-2-3-8-11(9)10;1-9-6-7-10-4-2-3-5-11(10)8-9;1-7-5-3-2-4-6-7/h2-14H,1H3;3*2-8H,1H3;2*2-10H,1H3;2*2-8H,1H3;2-6H,1H3. The lowest BCUT2D eigenvalue weighted by Crippen LogP contribution is -1.84. The number of furan rings is 2. The maximum Gasteiger partial charge on any atom is 0.138 e. The molecule has 21 aromatic rings. The van der Waals surface area contributed by atoms with Gasteiger partial charge >= 0.3 is 0 Å². The van der Waals surface area contributed by atoms with E-state index in [9.17, 15) is 0 Å². The summed E-state index contributed by atoms with van der Waals surface area (Å²) in [5.41, 5.74) is 25.9. The Bertz CT molecular complexity index is 6490. The molecule has 0 N–H and O–H groups in total. The third kappa shape index (κ3) is 21.5. The molecule has 0 amide bonds. The quantitative estimate of drug-likeness (QED) is 0.176. The number of thiophene rings is 1. The van der Waals surface area contributed by atoms with Gasteiger partial charge in [-0.25, -0.2) is 0 Å². The van der Waals surface area contributed by atoms with Crippen LogP contribution in [-0.2, 0) is 0 Å². The summed E-state index contributed by atoms with van der Waals surface area (Å²) in [5, 5.41) is 12.9. The lowest BCUT2D eigenvalue weighted by atomic mass is 9.97. The van der Waals surface area contributed by atoms with Crippen molar-refractivity contribution in [1.82, 2.24) is 0 Å². The lowest BCUT2D eigenvalue weighted by molar-refractivity contribution is 0.666. The van der Waals surface area contributed by atoms with Crippen molar-refractivity contribution in [2.45, 2.75) is 62.3 Å².